The second kappa shape index (κ2) is 6.10. The molecule has 0 spiro atoms. The van der Waals surface area contributed by atoms with Gasteiger partial charge in [-0.3, -0.25) is 0 Å². The molecule has 0 aliphatic carbocycles. The van der Waals surface area contributed by atoms with Crippen LogP contribution in [0.15, 0.2) is 57.0 Å². The van der Waals surface area contributed by atoms with Crippen LogP contribution in [0.4, 0.5) is 0 Å². The van der Waals surface area contributed by atoms with Crippen molar-refractivity contribution < 1.29 is 4.42 Å². The molecule has 1 aromatic heterocycles. The molecule has 0 fully saturated rings. The van der Waals surface area contributed by atoms with Gasteiger partial charge in [-0.1, -0.05) is 40.9 Å². The molecular formula is C15H10Cl2N2OS. The van der Waals surface area contributed by atoms with Gasteiger partial charge >= 0.3 is 0 Å². The van der Waals surface area contributed by atoms with E-state index < -0.39 is 0 Å². The van der Waals surface area contributed by atoms with Gasteiger partial charge in [0.1, 0.15) is 0 Å². The second-order valence-corrected chi connectivity index (χ2v) is 6.28. The van der Waals surface area contributed by atoms with Crippen LogP contribution in [0.5, 0.6) is 0 Å². The molecule has 3 rings (SSSR count). The lowest BCUT2D eigenvalue weighted by Gasteiger charge is -1.99. The van der Waals surface area contributed by atoms with E-state index in [4.69, 9.17) is 27.6 Å². The zero-order valence-electron chi connectivity index (χ0n) is 11.0. The number of rotatable bonds is 3. The number of nitrogens with zero attached hydrogens (tertiary/aromatic N) is 2. The first-order valence-corrected chi connectivity index (χ1v) is 7.72. The Morgan fingerprint density at radius 3 is 2.48 bits per heavy atom. The van der Waals surface area contributed by atoms with Gasteiger partial charge in [-0.2, -0.15) is 0 Å². The van der Waals surface area contributed by atoms with Gasteiger partial charge in [0.25, 0.3) is 5.22 Å². The molecule has 3 nitrogen and oxygen atoms in total. The Morgan fingerprint density at radius 2 is 1.76 bits per heavy atom. The third-order valence-electron chi connectivity index (χ3n) is 2.79. The number of aryl methyl sites for hydroxylation is 1. The van der Waals surface area contributed by atoms with Crippen molar-refractivity contribution in [3.63, 3.8) is 0 Å². The summed E-state index contributed by atoms with van der Waals surface area (Å²) in [5.74, 6) is 0.381. The highest BCUT2D eigenvalue weighted by Crippen LogP contribution is 2.33. The molecule has 106 valence electrons. The standard InChI is InChI=1S/C15H10Cl2N2OS/c1-9-2-5-11(6-3-9)21-15-19-18-14(20-15)12-7-4-10(16)8-13(12)17/h2-8H,1H3. The van der Waals surface area contributed by atoms with Gasteiger partial charge in [0.15, 0.2) is 0 Å². The van der Waals surface area contributed by atoms with E-state index in [2.05, 4.69) is 10.2 Å². The highest BCUT2D eigenvalue weighted by atomic mass is 35.5. The molecule has 0 amide bonds. The van der Waals surface area contributed by atoms with Gasteiger partial charge in [-0.05, 0) is 49.0 Å². The Labute approximate surface area is 136 Å². The van der Waals surface area contributed by atoms with E-state index in [-0.39, 0.29) is 0 Å². The van der Waals surface area contributed by atoms with Gasteiger partial charge in [0.05, 0.1) is 10.6 Å². The maximum absolute atomic E-state index is 6.13. The number of hydrogen-bond donors (Lipinski definition) is 0. The molecule has 21 heavy (non-hydrogen) atoms. The van der Waals surface area contributed by atoms with E-state index >= 15 is 0 Å². The van der Waals surface area contributed by atoms with Crippen molar-refractivity contribution >= 4 is 35.0 Å². The zero-order valence-corrected chi connectivity index (χ0v) is 13.3. The van der Waals surface area contributed by atoms with E-state index in [1.54, 1.807) is 18.2 Å². The van der Waals surface area contributed by atoms with Crippen LogP contribution >= 0.6 is 35.0 Å². The lowest BCUT2D eigenvalue weighted by atomic mass is 10.2. The molecule has 0 aliphatic rings. The minimum absolute atomic E-state index is 0.381. The number of aromatic nitrogens is 2. The molecule has 3 aromatic rings. The van der Waals surface area contributed by atoms with E-state index in [9.17, 15) is 0 Å². The van der Waals surface area contributed by atoms with Crippen LogP contribution in [-0.4, -0.2) is 10.2 Å². The largest absolute Gasteiger partial charge is 0.411 e. The maximum Gasteiger partial charge on any atom is 0.281 e. The molecule has 0 unspecified atom stereocenters. The fourth-order valence-corrected chi connectivity index (χ4v) is 2.90. The fraction of sp³-hybridized carbons (Fsp3) is 0.0667. The number of halogens is 2. The summed E-state index contributed by atoms with van der Waals surface area (Å²) in [6, 6.07) is 13.2. The predicted octanol–water partition coefficient (Wildman–Crippen LogP) is 5.50. The summed E-state index contributed by atoms with van der Waals surface area (Å²) in [6.07, 6.45) is 0. The Kier molecular flexibility index (Phi) is 4.19. The third-order valence-corrected chi connectivity index (χ3v) is 4.19. The minimum atomic E-state index is 0.381. The Bertz CT molecular complexity index is 772. The molecule has 0 saturated heterocycles. The number of hydrogen-bond acceptors (Lipinski definition) is 4. The SMILES string of the molecule is Cc1ccc(Sc2nnc(-c3ccc(Cl)cc3Cl)o2)cc1. The van der Waals surface area contributed by atoms with Crippen LogP contribution in [0.2, 0.25) is 10.0 Å². The van der Waals surface area contributed by atoms with Gasteiger partial charge in [0.2, 0.25) is 5.89 Å². The minimum Gasteiger partial charge on any atom is -0.411 e. The maximum atomic E-state index is 6.13. The van der Waals surface area contributed by atoms with Crippen LogP contribution in [0, 0.1) is 6.92 Å². The van der Waals surface area contributed by atoms with Crippen molar-refractivity contribution in [2.45, 2.75) is 17.0 Å². The molecule has 0 radical (unpaired) electrons. The Balaban J connectivity index is 1.84. The summed E-state index contributed by atoms with van der Waals surface area (Å²) in [7, 11) is 0. The molecule has 1 heterocycles. The average Bonchev–Trinajstić information content (AvgIpc) is 2.90. The smallest absolute Gasteiger partial charge is 0.281 e. The van der Waals surface area contributed by atoms with Gasteiger partial charge in [-0.25, -0.2) is 0 Å². The summed E-state index contributed by atoms with van der Waals surface area (Å²) in [5.41, 5.74) is 1.88. The topological polar surface area (TPSA) is 38.9 Å². The van der Waals surface area contributed by atoms with Crippen molar-refractivity contribution in [3.8, 4) is 11.5 Å². The highest BCUT2D eigenvalue weighted by Gasteiger charge is 2.13. The van der Waals surface area contributed by atoms with Crippen molar-refractivity contribution in [1.82, 2.24) is 10.2 Å². The normalized spacial score (nSPS) is 10.8. The van der Waals surface area contributed by atoms with Crippen LogP contribution in [-0.2, 0) is 0 Å². The summed E-state index contributed by atoms with van der Waals surface area (Å²) in [6.45, 7) is 2.04. The summed E-state index contributed by atoms with van der Waals surface area (Å²) < 4.78 is 5.64. The zero-order chi connectivity index (χ0) is 14.8. The van der Waals surface area contributed by atoms with Gasteiger partial charge in [0, 0.05) is 9.92 Å². The molecule has 0 bridgehead atoms. The van der Waals surface area contributed by atoms with Crippen molar-refractivity contribution in [3.05, 3.63) is 58.1 Å². The summed E-state index contributed by atoms with van der Waals surface area (Å²) in [4.78, 5) is 1.04. The quantitative estimate of drug-likeness (QED) is 0.632. The van der Waals surface area contributed by atoms with Crippen LogP contribution in [0.1, 0.15) is 5.56 Å². The Hall–Kier alpha value is -1.49. The third kappa shape index (κ3) is 3.40. The van der Waals surface area contributed by atoms with Crippen molar-refractivity contribution in [2.24, 2.45) is 0 Å². The van der Waals surface area contributed by atoms with Crippen molar-refractivity contribution in [2.75, 3.05) is 0 Å². The molecule has 2 aromatic carbocycles. The highest BCUT2D eigenvalue weighted by molar-refractivity contribution is 7.99. The monoisotopic (exact) mass is 336 g/mol. The average molecular weight is 337 g/mol. The van der Waals surface area contributed by atoms with Gasteiger partial charge in [-0.15, -0.1) is 10.2 Å². The molecule has 0 aliphatic heterocycles. The number of benzene rings is 2. The van der Waals surface area contributed by atoms with E-state index in [0.29, 0.717) is 26.7 Å². The Morgan fingerprint density at radius 1 is 1.00 bits per heavy atom. The molecule has 0 N–H and O–H groups in total. The second-order valence-electron chi connectivity index (χ2n) is 4.41. The van der Waals surface area contributed by atoms with Crippen molar-refractivity contribution in [1.29, 1.82) is 0 Å². The molecule has 6 heteroatoms. The fourth-order valence-electron chi connectivity index (χ4n) is 1.73. The molecule has 0 saturated carbocycles. The summed E-state index contributed by atoms with van der Waals surface area (Å²) in [5, 5.41) is 9.58. The van der Waals surface area contributed by atoms with Crippen LogP contribution < -0.4 is 0 Å². The lowest BCUT2D eigenvalue weighted by Crippen LogP contribution is -1.79. The van der Waals surface area contributed by atoms with E-state index in [1.165, 1.54) is 17.3 Å². The first kappa shape index (κ1) is 14.4. The van der Waals surface area contributed by atoms with Gasteiger partial charge < -0.3 is 4.42 Å². The van der Waals surface area contributed by atoms with E-state index in [0.717, 1.165) is 4.90 Å². The lowest BCUT2D eigenvalue weighted by molar-refractivity contribution is 0.466. The first-order chi connectivity index (χ1) is 10.1. The van der Waals surface area contributed by atoms with E-state index in [1.807, 2.05) is 31.2 Å². The predicted molar refractivity (Wildman–Crippen MR) is 85.1 cm³/mol. The van der Waals surface area contributed by atoms with Crippen LogP contribution in [0.25, 0.3) is 11.5 Å². The first-order valence-electron chi connectivity index (χ1n) is 6.15. The molecular weight excluding hydrogens is 327 g/mol. The molecule has 0 atom stereocenters. The summed E-state index contributed by atoms with van der Waals surface area (Å²) >= 11 is 13.4. The van der Waals surface area contributed by atoms with Crippen LogP contribution in [0.3, 0.4) is 0 Å².